The van der Waals surface area contributed by atoms with Crippen LogP contribution in [-0.2, 0) is 9.59 Å². The van der Waals surface area contributed by atoms with E-state index in [1.54, 1.807) is 13.0 Å². The highest BCUT2D eigenvalue weighted by Gasteiger charge is 2.31. The lowest BCUT2D eigenvalue weighted by Gasteiger charge is -2.23. The van der Waals surface area contributed by atoms with E-state index in [0.29, 0.717) is 26.8 Å². The van der Waals surface area contributed by atoms with E-state index in [9.17, 15) is 9.59 Å². The number of hydrogen-bond acceptors (Lipinski definition) is 5. The van der Waals surface area contributed by atoms with Crippen LogP contribution in [0, 0.1) is 0 Å². The van der Waals surface area contributed by atoms with Crippen molar-refractivity contribution in [2.75, 3.05) is 11.4 Å². The predicted molar refractivity (Wildman–Crippen MR) is 82.0 cm³/mol. The van der Waals surface area contributed by atoms with Crippen LogP contribution in [0.25, 0.3) is 11.0 Å². The van der Waals surface area contributed by atoms with Gasteiger partial charge in [-0.2, -0.15) is 8.75 Å². The molecule has 9 heteroatoms. The van der Waals surface area contributed by atoms with Gasteiger partial charge in [0.25, 0.3) is 0 Å². The van der Waals surface area contributed by atoms with Crippen molar-refractivity contribution in [2.24, 2.45) is 0 Å². The number of aromatic nitrogens is 2. The average Bonchev–Trinajstić information content (AvgIpc) is 2.86. The van der Waals surface area contributed by atoms with Gasteiger partial charge in [-0.1, -0.05) is 23.2 Å². The summed E-state index contributed by atoms with van der Waals surface area (Å²) in [6, 6.07) is 0.925. The quantitative estimate of drug-likeness (QED) is 0.860. The number of carbonyl (C=O) groups excluding carboxylic acids is 2. The normalized spacial score (nSPS) is 19.8. The van der Waals surface area contributed by atoms with Crippen LogP contribution in [0.15, 0.2) is 6.07 Å². The van der Waals surface area contributed by atoms with Gasteiger partial charge < -0.3 is 10.2 Å². The van der Waals surface area contributed by atoms with Crippen molar-refractivity contribution in [3.8, 4) is 0 Å². The van der Waals surface area contributed by atoms with Crippen molar-refractivity contribution in [1.82, 2.24) is 14.1 Å². The maximum absolute atomic E-state index is 12.5. The number of anilines is 1. The van der Waals surface area contributed by atoms with Crippen molar-refractivity contribution in [1.29, 1.82) is 0 Å². The van der Waals surface area contributed by atoms with Gasteiger partial charge in [-0.15, -0.1) is 0 Å². The number of hydrogen-bond donors (Lipinski definition) is 1. The van der Waals surface area contributed by atoms with E-state index in [1.165, 1.54) is 4.90 Å². The molecular weight excluding hydrogens is 335 g/mol. The molecule has 21 heavy (non-hydrogen) atoms. The summed E-state index contributed by atoms with van der Waals surface area (Å²) in [7, 11) is 0. The number of fused-ring (bicyclic) bond motifs is 1. The Labute approximate surface area is 134 Å². The standard InChI is InChI=1S/C12H10Cl2N4O2S/c1-5-12(20)18(3-2-8(19)15-5)11-7(14)4-6(13)9-10(11)17-21-16-9/h4-5H,2-3H2,1H3,(H,15,19). The van der Waals surface area contributed by atoms with Crippen LogP contribution in [0.1, 0.15) is 13.3 Å². The summed E-state index contributed by atoms with van der Waals surface area (Å²) in [5, 5.41) is 3.33. The van der Waals surface area contributed by atoms with Gasteiger partial charge in [0.1, 0.15) is 17.1 Å². The molecule has 1 aromatic heterocycles. The van der Waals surface area contributed by atoms with Crippen molar-refractivity contribution in [2.45, 2.75) is 19.4 Å². The molecule has 110 valence electrons. The lowest BCUT2D eigenvalue weighted by atomic mass is 10.2. The largest absolute Gasteiger partial charge is 0.345 e. The molecule has 6 nitrogen and oxygen atoms in total. The lowest BCUT2D eigenvalue weighted by Crippen LogP contribution is -2.42. The summed E-state index contributed by atoms with van der Waals surface area (Å²) in [5.41, 5.74) is 1.44. The highest BCUT2D eigenvalue weighted by atomic mass is 35.5. The van der Waals surface area contributed by atoms with Crippen LogP contribution in [0.4, 0.5) is 5.69 Å². The first kappa shape index (κ1) is 14.5. The Morgan fingerprint density at radius 1 is 1.29 bits per heavy atom. The molecule has 2 amide bonds. The minimum absolute atomic E-state index is 0.170. The zero-order chi connectivity index (χ0) is 15.1. The van der Waals surface area contributed by atoms with E-state index in [4.69, 9.17) is 23.2 Å². The Morgan fingerprint density at radius 2 is 2.00 bits per heavy atom. The Balaban J connectivity index is 2.17. The summed E-state index contributed by atoms with van der Waals surface area (Å²) in [5.74, 6) is -0.407. The highest BCUT2D eigenvalue weighted by molar-refractivity contribution is 7.00. The molecule has 1 aromatic carbocycles. The molecule has 0 bridgehead atoms. The number of benzene rings is 1. The minimum atomic E-state index is -0.617. The van der Waals surface area contributed by atoms with Gasteiger partial charge in [0.15, 0.2) is 0 Å². The maximum atomic E-state index is 12.5. The van der Waals surface area contributed by atoms with Crippen molar-refractivity contribution in [3.05, 3.63) is 16.1 Å². The molecule has 0 spiro atoms. The Morgan fingerprint density at radius 3 is 2.76 bits per heavy atom. The van der Waals surface area contributed by atoms with Crippen LogP contribution >= 0.6 is 34.9 Å². The SMILES string of the molecule is CC1NC(=O)CCN(c2c(Cl)cc(Cl)c3nsnc23)C1=O. The molecule has 0 aliphatic carbocycles. The van der Waals surface area contributed by atoms with E-state index in [2.05, 4.69) is 14.1 Å². The van der Waals surface area contributed by atoms with Gasteiger partial charge in [0, 0.05) is 13.0 Å². The number of nitrogens with one attached hydrogen (secondary N) is 1. The summed E-state index contributed by atoms with van der Waals surface area (Å²) in [6.07, 6.45) is 0.202. The lowest BCUT2D eigenvalue weighted by molar-refractivity contribution is -0.125. The molecule has 1 unspecified atom stereocenters. The van der Waals surface area contributed by atoms with Crippen LogP contribution in [-0.4, -0.2) is 33.1 Å². The molecule has 1 N–H and O–H groups in total. The highest BCUT2D eigenvalue weighted by Crippen LogP contribution is 2.38. The molecule has 1 aliphatic rings. The molecule has 1 fully saturated rings. The molecule has 0 radical (unpaired) electrons. The zero-order valence-corrected chi connectivity index (χ0v) is 13.2. The van der Waals surface area contributed by atoms with E-state index in [-0.39, 0.29) is 24.8 Å². The third-order valence-corrected chi connectivity index (χ3v) is 4.37. The second-order valence-corrected chi connectivity index (χ2v) is 6.02. The first-order valence-electron chi connectivity index (χ1n) is 6.20. The summed E-state index contributed by atoms with van der Waals surface area (Å²) < 4.78 is 8.30. The Hall–Kier alpha value is -1.44. The van der Waals surface area contributed by atoms with Crippen LogP contribution in [0.2, 0.25) is 10.0 Å². The average molecular weight is 345 g/mol. The molecule has 1 saturated heterocycles. The zero-order valence-electron chi connectivity index (χ0n) is 10.9. The molecule has 2 aromatic rings. The van der Waals surface area contributed by atoms with Gasteiger partial charge >= 0.3 is 0 Å². The van der Waals surface area contributed by atoms with Gasteiger partial charge in [0.2, 0.25) is 11.8 Å². The van der Waals surface area contributed by atoms with E-state index < -0.39 is 6.04 Å². The molecule has 0 saturated carbocycles. The van der Waals surface area contributed by atoms with Crippen molar-refractivity contribution in [3.63, 3.8) is 0 Å². The molecular formula is C12H10Cl2N4O2S. The minimum Gasteiger partial charge on any atom is -0.345 e. The van der Waals surface area contributed by atoms with Gasteiger partial charge in [-0.3, -0.25) is 9.59 Å². The fourth-order valence-electron chi connectivity index (χ4n) is 2.27. The number of carbonyl (C=O) groups is 2. The fourth-order valence-corrected chi connectivity index (χ4v) is 3.48. The first-order chi connectivity index (χ1) is 9.99. The topological polar surface area (TPSA) is 75.2 Å². The van der Waals surface area contributed by atoms with E-state index in [1.807, 2.05) is 0 Å². The van der Waals surface area contributed by atoms with Crippen LogP contribution < -0.4 is 10.2 Å². The fraction of sp³-hybridized carbons (Fsp3) is 0.333. The number of nitrogens with zero attached hydrogens (tertiary/aromatic N) is 3. The molecule has 1 atom stereocenters. The third kappa shape index (κ3) is 2.45. The van der Waals surface area contributed by atoms with Crippen LogP contribution in [0.3, 0.4) is 0 Å². The van der Waals surface area contributed by atoms with E-state index in [0.717, 1.165) is 11.7 Å². The Bertz CT molecular complexity index is 748. The van der Waals surface area contributed by atoms with Gasteiger partial charge in [-0.25, -0.2) is 0 Å². The summed E-state index contributed by atoms with van der Waals surface area (Å²) in [6.45, 7) is 1.88. The predicted octanol–water partition coefficient (Wildman–Crippen LogP) is 2.24. The van der Waals surface area contributed by atoms with Gasteiger partial charge in [0.05, 0.1) is 27.5 Å². The molecule has 2 heterocycles. The molecule has 1 aliphatic heterocycles. The first-order valence-corrected chi connectivity index (χ1v) is 7.68. The monoisotopic (exact) mass is 344 g/mol. The van der Waals surface area contributed by atoms with E-state index >= 15 is 0 Å². The smallest absolute Gasteiger partial charge is 0.249 e. The summed E-state index contributed by atoms with van der Waals surface area (Å²) >= 11 is 13.3. The molecule has 3 rings (SSSR count). The summed E-state index contributed by atoms with van der Waals surface area (Å²) in [4.78, 5) is 25.5. The second-order valence-electron chi connectivity index (χ2n) is 4.68. The second kappa shape index (κ2) is 5.40. The van der Waals surface area contributed by atoms with Crippen molar-refractivity contribution < 1.29 is 9.59 Å². The number of rotatable bonds is 1. The number of amides is 2. The maximum Gasteiger partial charge on any atom is 0.249 e. The number of halogens is 2. The van der Waals surface area contributed by atoms with Crippen molar-refractivity contribution >= 4 is 63.5 Å². The third-order valence-electron chi connectivity index (χ3n) is 3.27. The van der Waals surface area contributed by atoms with Gasteiger partial charge in [-0.05, 0) is 13.0 Å². The Kier molecular flexibility index (Phi) is 3.73. The van der Waals surface area contributed by atoms with Crippen LogP contribution in [0.5, 0.6) is 0 Å².